The van der Waals surface area contributed by atoms with Gasteiger partial charge >= 0.3 is 0 Å². The van der Waals surface area contributed by atoms with E-state index < -0.39 is 0 Å². The van der Waals surface area contributed by atoms with Crippen molar-refractivity contribution < 1.29 is 9.90 Å². The van der Waals surface area contributed by atoms with Gasteiger partial charge in [0.2, 0.25) is 5.91 Å². The Morgan fingerprint density at radius 3 is 2.59 bits per heavy atom. The molecule has 1 aromatic rings. The predicted molar refractivity (Wildman–Crippen MR) is 66.9 cm³/mol. The second-order valence-electron chi connectivity index (χ2n) is 4.89. The quantitative estimate of drug-likeness (QED) is 0.696. The number of nitrogens with two attached hydrogens (primary N) is 1. The van der Waals surface area contributed by atoms with E-state index in [0.29, 0.717) is 6.54 Å². The SMILES string of the molecule is Cc1cc(NC(=O)C2(CN)CC2)c(C)cc1O. The molecular weight excluding hydrogens is 216 g/mol. The predicted octanol–water partition coefficient (Wildman–Crippen LogP) is 1.69. The van der Waals surface area contributed by atoms with Gasteiger partial charge in [-0.25, -0.2) is 0 Å². The molecule has 1 aliphatic rings. The van der Waals surface area contributed by atoms with Crippen LogP contribution < -0.4 is 11.1 Å². The summed E-state index contributed by atoms with van der Waals surface area (Å²) >= 11 is 0. The smallest absolute Gasteiger partial charge is 0.231 e. The van der Waals surface area contributed by atoms with E-state index in [2.05, 4.69) is 5.32 Å². The second kappa shape index (κ2) is 4.04. The molecule has 0 aliphatic heterocycles. The first-order valence-electron chi connectivity index (χ1n) is 5.80. The van der Waals surface area contributed by atoms with Crippen LogP contribution in [0, 0.1) is 19.3 Å². The minimum absolute atomic E-state index is 0.00631. The van der Waals surface area contributed by atoms with Crippen LogP contribution in [-0.4, -0.2) is 17.6 Å². The highest BCUT2D eigenvalue weighted by atomic mass is 16.3. The summed E-state index contributed by atoms with van der Waals surface area (Å²) < 4.78 is 0. The molecule has 92 valence electrons. The van der Waals surface area contributed by atoms with Crippen molar-refractivity contribution in [3.05, 3.63) is 23.3 Å². The van der Waals surface area contributed by atoms with E-state index in [0.717, 1.165) is 29.7 Å². The van der Waals surface area contributed by atoms with Crippen molar-refractivity contribution in [2.24, 2.45) is 11.1 Å². The third-order valence-electron chi connectivity index (χ3n) is 3.52. The normalized spacial score (nSPS) is 16.6. The van der Waals surface area contributed by atoms with Gasteiger partial charge in [-0.05, 0) is 49.9 Å². The van der Waals surface area contributed by atoms with Gasteiger partial charge in [0.1, 0.15) is 5.75 Å². The molecule has 0 unspecified atom stereocenters. The Balaban J connectivity index is 2.19. The topological polar surface area (TPSA) is 75.4 Å². The van der Waals surface area contributed by atoms with E-state index in [1.54, 1.807) is 19.1 Å². The summed E-state index contributed by atoms with van der Waals surface area (Å²) in [5.74, 6) is 0.244. The lowest BCUT2D eigenvalue weighted by molar-refractivity contribution is -0.120. The van der Waals surface area contributed by atoms with Gasteiger partial charge in [0.15, 0.2) is 0 Å². The zero-order chi connectivity index (χ0) is 12.6. The Kier molecular flexibility index (Phi) is 2.83. The van der Waals surface area contributed by atoms with Gasteiger partial charge in [-0.1, -0.05) is 0 Å². The van der Waals surface area contributed by atoms with E-state index in [-0.39, 0.29) is 17.1 Å². The summed E-state index contributed by atoms with van der Waals surface area (Å²) in [4.78, 5) is 12.0. The third kappa shape index (κ3) is 2.13. The second-order valence-corrected chi connectivity index (χ2v) is 4.89. The molecule has 4 N–H and O–H groups in total. The van der Waals surface area contributed by atoms with Gasteiger partial charge in [0.25, 0.3) is 0 Å². The van der Waals surface area contributed by atoms with E-state index in [4.69, 9.17) is 5.73 Å². The van der Waals surface area contributed by atoms with Gasteiger partial charge < -0.3 is 16.2 Å². The van der Waals surface area contributed by atoms with E-state index in [1.807, 2.05) is 6.92 Å². The van der Waals surface area contributed by atoms with Crippen molar-refractivity contribution in [2.45, 2.75) is 26.7 Å². The molecule has 0 radical (unpaired) electrons. The van der Waals surface area contributed by atoms with Crippen LogP contribution in [0.25, 0.3) is 0 Å². The first kappa shape index (κ1) is 11.9. The number of amides is 1. The molecule has 0 spiro atoms. The van der Waals surface area contributed by atoms with E-state index >= 15 is 0 Å². The zero-order valence-electron chi connectivity index (χ0n) is 10.2. The molecule has 1 fully saturated rings. The maximum atomic E-state index is 12.0. The Morgan fingerprint density at radius 1 is 1.41 bits per heavy atom. The average molecular weight is 234 g/mol. The van der Waals surface area contributed by atoms with E-state index in [1.165, 1.54) is 0 Å². The minimum Gasteiger partial charge on any atom is -0.508 e. The maximum Gasteiger partial charge on any atom is 0.231 e. The maximum absolute atomic E-state index is 12.0. The third-order valence-corrected chi connectivity index (χ3v) is 3.52. The van der Waals surface area contributed by atoms with Crippen LogP contribution in [0.4, 0.5) is 5.69 Å². The van der Waals surface area contributed by atoms with Crippen molar-refractivity contribution in [1.82, 2.24) is 0 Å². The number of rotatable bonds is 3. The summed E-state index contributed by atoms with van der Waals surface area (Å²) in [5, 5.41) is 12.4. The first-order chi connectivity index (χ1) is 7.98. The molecule has 0 saturated heterocycles. The zero-order valence-corrected chi connectivity index (χ0v) is 10.2. The average Bonchev–Trinajstić information content (AvgIpc) is 3.06. The Morgan fingerprint density at radius 2 is 2.06 bits per heavy atom. The Labute approximate surface area is 101 Å². The van der Waals surface area contributed by atoms with Gasteiger partial charge in [-0.2, -0.15) is 0 Å². The molecule has 2 rings (SSSR count). The molecule has 4 nitrogen and oxygen atoms in total. The molecular formula is C13H18N2O2. The van der Waals surface area contributed by atoms with Gasteiger partial charge in [0.05, 0.1) is 5.41 Å². The molecule has 0 bridgehead atoms. The van der Waals surface area contributed by atoms with Crippen LogP contribution in [-0.2, 0) is 4.79 Å². The van der Waals surface area contributed by atoms with Crippen LogP contribution in [0.5, 0.6) is 5.75 Å². The first-order valence-corrected chi connectivity index (χ1v) is 5.80. The van der Waals surface area contributed by atoms with Crippen LogP contribution in [0.1, 0.15) is 24.0 Å². The highest BCUT2D eigenvalue weighted by Crippen LogP contribution is 2.45. The van der Waals surface area contributed by atoms with Crippen molar-refractivity contribution in [3.63, 3.8) is 0 Å². The molecule has 0 aromatic heterocycles. The number of hydrogen-bond donors (Lipinski definition) is 3. The van der Waals surface area contributed by atoms with Gasteiger partial charge in [-0.15, -0.1) is 0 Å². The lowest BCUT2D eigenvalue weighted by atomic mass is 10.1. The molecule has 1 amide bonds. The number of anilines is 1. The molecule has 0 atom stereocenters. The molecule has 4 heteroatoms. The highest BCUT2D eigenvalue weighted by molar-refractivity contribution is 5.98. The number of aromatic hydroxyl groups is 1. The fourth-order valence-corrected chi connectivity index (χ4v) is 1.87. The van der Waals surface area contributed by atoms with Crippen LogP contribution >= 0.6 is 0 Å². The lowest BCUT2D eigenvalue weighted by Crippen LogP contribution is -2.31. The van der Waals surface area contributed by atoms with Crippen molar-refractivity contribution in [1.29, 1.82) is 0 Å². The number of benzene rings is 1. The van der Waals surface area contributed by atoms with Crippen molar-refractivity contribution in [2.75, 3.05) is 11.9 Å². The summed E-state index contributed by atoms with van der Waals surface area (Å²) in [6.45, 7) is 4.06. The number of phenols is 1. The summed E-state index contributed by atoms with van der Waals surface area (Å²) in [6.07, 6.45) is 1.73. The number of nitrogens with one attached hydrogen (secondary N) is 1. The number of phenolic OH excluding ortho intramolecular Hbond substituents is 1. The summed E-state index contributed by atoms with van der Waals surface area (Å²) in [6, 6.07) is 3.45. The Bertz CT molecular complexity index is 465. The van der Waals surface area contributed by atoms with Crippen LogP contribution in [0.3, 0.4) is 0 Å². The number of aryl methyl sites for hydroxylation is 2. The fourth-order valence-electron chi connectivity index (χ4n) is 1.87. The molecule has 1 aliphatic carbocycles. The number of hydrogen-bond acceptors (Lipinski definition) is 3. The van der Waals surface area contributed by atoms with Gasteiger partial charge in [0, 0.05) is 12.2 Å². The van der Waals surface area contributed by atoms with Gasteiger partial charge in [-0.3, -0.25) is 4.79 Å². The summed E-state index contributed by atoms with van der Waals surface area (Å²) in [7, 11) is 0. The van der Waals surface area contributed by atoms with Crippen molar-refractivity contribution in [3.8, 4) is 5.75 Å². The largest absolute Gasteiger partial charge is 0.508 e. The monoisotopic (exact) mass is 234 g/mol. The summed E-state index contributed by atoms with van der Waals surface area (Å²) in [5.41, 5.74) is 7.63. The highest BCUT2D eigenvalue weighted by Gasteiger charge is 2.48. The molecule has 1 aromatic carbocycles. The Hall–Kier alpha value is -1.55. The minimum atomic E-state index is -0.349. The molecule has 0 heterocycles. The van der Waals surface area contributed by atoms with E-state index in [9.17, 15) is 9.90 Å². The molecule has 17 heavy (non-hydrogen) atoms. The lowest BCUT2D eigenvalue weighted by Gasteiger charge is -2.15. The molecule has 1 saturated carbocycles. The number of carbonyl (C=O) groups excluding carboxylic acids is 1. The van der Waals surface area contributed by atoms with Crippen LogP contribution in [0.15, 0.2) is 12.1 Å². The van der Waals surface area contributed by atoms with Crippen molar-refractivity contribution >= 4 is 11.6 Å². The standard InChI is InChI=1S/C13H18N2O2/c1-8-6-11(16)9(2)5-10(8)15-12(17)13(7-14)3-4-13/h5-6,16H,3-4,7,14H2,1-2H3,(H,15,17). The van der Waals surface area contributed by atoms with Crippen LogP contribution in [0.2, 0.25) is 0 Å². The number of carbonyl (C=O) groups is 1. The fraction of sp³-hybridized carbons (Fsp3) is 0.462.